The summed E-state index contributed by atoms with van der Waals surface area (Å²) in [6.07, 6.45) is 0. The number of rotatable bonds is 4. The molecule has 0 radical (unpaired) electrons. The fourth-order valence-electron chi connectivity index (χ4n) is 3.22. The van der Waals surface area contributed by atoms with Crippen LogP contribution < -0.4 is 9.47 Å². The summed E-state index contributed by atoms with van der Waals surface area (Å²) in [5, 5.41) is 10.2. The van der Waals surface area contributed by atoms with Crippen LogP contribution in [0.2, 0.25) is 0 Å². The first kappa shape index (κ1) is 18.0. The lowest BCUT2D eigenvalue weighted by atomic mass is 10.1. The summed E-state index contributed by atoms with van der Waals surface area (Å²) in [6.45, 7) is 2.31. The van der Waals surface area contributed by atoms with Gasteiger partial charge >= 0.3 is 0 Å². The molecule has 2 aliphatic heterocycles. The van der Waals surface area contributed by atoms with E-state index in [-0.39, 0.29) is 17.4 Å². The molecule has 9 heteroatoms. The number of hydrogen-bond acceptors (Lipinski definition) is 6. The molecule has 1 fully saturated rings. The van der Waals surface area contributed by atoms with Crippen molar-refractivity contribution in [2.24, 2.45) is 0 Å². The van der Waals surface area contributed by atoms with E-state index in [4.69, 9.17) is 9.47 Å². The molecule has 0 atom stereocenters. The van der Waals surface area contributed by atoms with Crippen molar-refractivity contribution in [2.75, 3.05) is 33.0 Å². The van der Waals surface area contributed by atoms with Gasteiger partial charge in [0, 0.05) is 44.4 Å². The zero-order valence-corrected chi connectivity index (χ0v) is 15.3. The third-order valence-electron chi connectivity index (χ3n) is 4.75. The molecule has 0 aliphatic carbocycles. The van der Waals surface area contributed by atoms with E-state index in [1.165, 1.54) is 22.5 Å². The van der Waals surface area contributed by atoms with Crippen LogP contribution in [0.15, 0.2) is 41.3 Å². The summed E-state index contributed by atoms with van der Waals surface area (Å²) >= 11 is 0. The van der Waals surface area contributed by atoms with Crippen LogP contribution in [-0.2, 0) is 16.6 Å². The van der Waals surface area contributed by atoms with Gasteiger partial charge in [0.25, 0.3) is 0 Å². The highest BCUT2D eigenvalue weighted by atomic mass is 32.2. The molecule has 2 aromatic carbocycles. The minimum atomic E-state index is -3.64. The highest BCUT2D eigenvalue weighted by molar-refractivity contribution is 7.89. The van der Waals surface area contributed by atoms with Crippen molar-refractivity contribution in [3.8, 4) is 17.2 Å². The number of halogens is 1. The summed E-state index contributed by atoms with van der Waals surface area (Å²) in [7, 11) is -3.64. The Labute approximate surface area is 156 Å². The van der Waals surface area contributed by atoms with Crippen LogP contribution in [0, 0.1) is 5.82 Å². The molecule has 0 unspecified atom stereocenters. The SMILES string of the molecule is O=S(=O)(c1ccc(F)cc1)N1CCN(Cc2cc3c(cc2O)OCO3)CC1. The molecule has 0 aromatic heterocycles. The molecule has 1 N–H and O–H groups in total. The summed E-state index contributed by atoms with van der Waals surface area (Å²) in [4.78, 5) is 2.15. The first-order valence-corrected chi connectivity index (χ1v) is 9.97. The van der Waals surface area contributed by atoms with Gasteiger partial charge in [0.2, 0.25) is 16.8 Å². The zero-order chi connectivity index (χ0) is 19.0. The smallest absolute Gasteiger partial charge is 0.243 e. The molecule has 1 saturated heterocycles. The molecular weight excluding hydrogens is 375 g/mol. The Morgan fingerprint density at radius 3 is 2.30 bits per heavy atom. The number of ether oxygens (including phenoxy) is 2. The number of piperazine rings is 1. The number of benzene rings is 2. The highest BCUT2D eigenvalue weighted by Crippen LogP contribution is 2.38. The van der Waals surface area contributed by atoms with Crippen molar-refractivity contribution >= 4 is 10.0 Å². The Kier molecular flexibility index (Phi) is 4.67. The van der Waals surface area contributed by atoms with Crippen molar-refractivity contribution in [2.45, 2.75) is 11.4 Å². The minimum Gasteiger partial charge on any atom is -0.507 e. The van der Waals surface area contributed by atoms with Gasteiger partial charge < -0.3 is 14.6 Å². The van der Waals surface area contributed by atoms with Crippen molar-refractivity contribution in [1.82, 2.24) is 9.21 Å². The minimum absolute atomic E-state index is 0.0887. The Bertz CT molecular complexity index is 941. The number of fused-ring (bicyclic) bond motifs is 1. The first-order chi connectivity index (χ1) is 12.9. The maximum absolute atomic E-state index is 13.0. The lowest BCUT2D eigenvalue weighted by molar-refractivity contribution is 0.173. The van der Waals surface area contributed by atoms with E-state index < -0.39 is 15.8 Å². The molecule has 0 amide bonds. The van der Waals surface area contributed by atoms with Gasteiger partial charge in [-0.05, 0) is 30.3 Å². The van der Waals surface area contributed by atoms with Crippen LogP contribution in [-0.4, -0.2) is 55.7 Å². The Morgan fingerprint density at radius 2 is 1.63 bits per heavy atom. The predicted octanol–water partition coefficient (Wildman–Crippen LogP) is 1.77. The largest absolute Gasteiger partial charge is 0.507 e. The van der Waals surface area contributed by atoms with Crippen LogP contribution in [0.4, 0.5) is 4.39 Å². The van der Waals surface area contributed by atoms with Gasteiger partial charge in [-0.15, -0.1) is 0 Å². The third-order valence-corrected chi connectivity index (χ3v) is 6.66. The van der Waals surface area contributed by atoms with Crippen LogP contribution in [0.25, 0.3) is 0 Å². The van der Waals surface area contributed by atoms with E-state index in [9.17, 15) is 17.9 Å². The monoisotopic (exact) mass is 394 g/mol. The van der Waals surface area contributed by atoms with Crippen LogP contribution >= 0.6 is 0 Å². The summed E-state index contributed by atoms with van der Waals surface area (Å²) < 4.78 is 50.3. The molecule has 144 valence electrons. The molecule has 2 heterocycles. The van der Waals surface area contributed by atoms with E-state index in [0.29, 0.717) is 49.8 Å². The number of nitrogens with zero attached hydrogens (tertiary/aromatic N) is 2. The van der Waals surface area contributed by atoms with Gasteiger partial charge in [0.05, 0.1) is 4.90 Å². The zero-order valence-electron chi connectivity index (χ0n) is 14.5. The van der Waals surface area contributed by atoms with Gasteiger partial charge in [0.1, 0.15) is 11.6 Å². The van der Waals surface area contributed by atoms with Crippen LogP contribution in [0.1, 0.15) is 5.56 Å². The Hall–Kier alpha value is -2.36. The number of phenols is 1. The second-order valence-corrected chi connectivity index (χ2v) is 8.41. The van der Waals surface area contributed by atoms with Crippen molar-refractivity contribution in [1.29, 1.82) is 0 Å². The van der Waals surface area contributed by atoms with Crippen molar-refractivity contribution < 1.29 is 27.4 Å². The topological polar surface area (TPSA) is 79.3 Å². The molecule has 2 aliphatic rings. The van der Waals surface area contributed by atoms with Crippen molar-refractivity contribution in [3.05, 3.63) is 47.8 Å². The molecule has 4 rings (SSSR count). The maximum Gasteiger partial charge on any atom is 0.243 e. The first-order valence-electron chi connectivity index (χ1n) is 8.53. The van der Waals surface area contributed by atoms with Gasteiger partial charge in [-0.25, -0.2) is 12.8 Å². The molecule has 0 spiro atoms. The number of phenolic OH excluding ortho intramolecular Hbond substituents is 1. The van der Waals surface area contributed by atoms with E-state index in [1.807, 2.05) is 0 Å². The summed E-state index contributed by atoms with van der Waals surface area (Å²) in [5.74, 6) is 0.773. The summed E-state index contributed by atoms with van der Waals surface area (Å²) in [5.41, 5.74) is 0.703. The fourth-order valence-corrected chi connectivity index (χ4v) is 4.65. The summed E-state index contributed by atoms with van der Waals surface area (Å²) in [6, 6.07) is 8.13. The average molecular weight is 394 g/mol. The van der Waals surface area contributed by atoms with Crippen LogP contribution in [0.3, 0.4) is 0 Å². The molecule has 0 bridgehead atoms. The Balaban J connectivity index is 1.41. The van der Waals surface area contributed by atoms with Gasteiger partial charge in [-0.1, -0.05) is 0 Å². The van der Waals surface area contributed by atoms with E-state index in [0.717, 1.165) is 12.1 Å². The third kappa shape index (κ3) is 3.58. The quantitative estimate of drug-likeness (QED) is 0.852. The predicted molar refractivity (Wildman–Crippen MR) is 94.7 cm³/mol. The van der Waals surface area contributed by atoms with Crippen LogP contribution in [0.5, 0.6) is 17.2 Å². The van der Waals surface area contributed by atoms with Gasteiger partial charge in [-0.3, -0.25) is 4.90 Å². The standard InChI is InChI=1S/C18H19FN2O5S/c19-14-1-3-15(4-2-14)27(23,24)21-7-5-20(6-8-21)11-13-9-17-18(10-16(13)22)26-12-25-17/h1-4,9-10,22H,5-8,11-12H2. The van der Waals surface area contributed by atoms with Crippen molar-refractivity contribution in [3.63, 3.8) is 0 Å². The second-order valence-electron chi connectivity index (χ2n) is 6.47. The molecule has 27 heavy (non-hydrogen) atoms. The maximum atomic E-state index is 13.0. The van der Waals surface area contributed by atoms with E-state index in [1.54, 1.807) is 6.07 Å². The van der Waals surface area contributed by atoms with E-state index in [2.05, 4.69) is 4.90 Å². The molecule has 2 aromatic rings. The lowest BCUT2D eigenvalue weighted by Crippen LogP contribution is -2.48. The molecule has 0 saturated carbocycles. The van der Waals surface area contributed by atoms with Gasteiger partial charge in [0.15, 0.2) is 11.5 Å². The second kappa shape index (κ2) is 6.99. The fraction of sp³-hybridized carbons (Fsp3) is 0.333. The van der Waals surface area contributed by atoms with Gasteiger partial charge in [-0.2, -0.15) is 4.31 Å². The number of hydrogen-bond donors (Lipinski definition) is 1. The lowest BCUT2D eigenvalue weighted by Gasteiger charge is -2.34. The molecular formula is C18H19FN2O5S. The number of sulfonamides is 1. The average Bonchev–Trinajstić information content (AvgIpc) is 3.10. The normalized spacial score (nSPS) is 18.0. The highest BCUT2D eigenvalue weighted by Gasteiger charge is 2.29. The number of aromatic hydroxyl groups is 1. The van der Waals surface area contributed by atoms with E-state index >= 15 is 0 Å². The molecule has 7 nitrogen and oxygen atoms in total. The Morgan fingerprint density at radius 1 is 1.00 bits per heavy atom.